The number of aromatic nitrogens is 1. The van der Waals surface area contributed by atoms with Crippen molar-refractivity contribution in [1.82, 2.24) is 4.57 Å². The van der Waals surface area contributed by atoms with Gasteiger partial charge in [0, 0.05) is 59.2 Å². The molecule has 7 aromatic carbocycles. The Morgan fingerprint density at radius 1 is 0.512 bits per heavy atom. The number of furan rings is 1. The molecule has 2 nitrogen and oxygen atoms in total. The van der Waals surface area contributed by atoms with Crippen LogP contribution in [0.2, 0.25) is 0 Å². The smallest absolute Gasteiger partial charge is 0.143 e. The quantitative estimate of drug-likeness (QED) is 0.191. The van der Waals surface area contributed by atoms with Gasteiger partial charge in [-0.1, -0.05) is 78.9 Å². The maximum Gasteiger partial charge on any atom is 0.143 e. The van der Waals surface area contributed by atoms with Crippen LogP contribution in [0.25, 0.3) is 91.4 Å². The first-order valence-corrected chi connectivity index (χ1v) is 15.4. The van der Waals surface area contributed by atoms with Gasteiger partial charge in [-0.2, -0.15) is 0 Å². The third-order valence-electron chi connectivity index (χ3n) is 9.00. The average Bonchev–Trinajstić information content (AvgIpc) is 3.76. The summed E-state index contributed by atoms with van der Waals surface area (Å²) in [4.78, 5) is 0. The van der Waals surface area contributed by atoms with E-state index in [1.54, 1.807) is 0 Å². The number of nitrogens with zero attached hydrogens (tertiary/aromatic N) is 1. The molecule has 0 aliphatic heterocycles. The van der Waals surface area contributed by atoms with Gasteiger partial charge in [0.15, 0.2) is 0 Å². The summed E-state index contributed by atoms with van der Waals surface area (Å²) in [6.45, 7) is 0. The Balaban J connectivity index is 1.39. The third-order valence-corrected chi connectivity index (χ3v) is 10.2. The summed E-state index contributed by atoms with van der Waals surface area (Å²) < 4.78 is 11.6. The minimum atomic E-state index is 0.923. The molecule has 3 heteroatoms. The highest BCUT2D eigenvalue weighted by Gasteiger charge is 2.19. The number of fused-ring (bicyclic) bond motifs is 11. The van der Waals surface area contributed by atoms with Gasteiger partial charge >= 0.3 is 0 Å². The highest BCUT2D eigenvalue weighted by Crippen LogP contribution is 2.46. The van der Waals surface area contributed by atoms with Crippen molar-refractivity contribution in [2.45, 2.75) is 0 Å². The van der Waals surface area contributed by atoms with Gasteiger partial charge in [0.1, 0.15) is 11.2 Å². The van der Waals surface area contributed by atoms with Crippen LogP contribution < -0.4 is 0 Å². The second-order valence-electron chi connectivity index (χ2n) is 11.3. The highest BCUT2D eigenvalue weighted by atomic mass is 32.1. The molecule has 0 N–H and O–H groups in total. The Morgan fingerprint density at radius 2 is 1.30 bits per heavy atom. The number of para-hydroxylation sites is 2. The summed E-state index contributed by atoms with van der Waals surface area (Å²) in [6, 6.07) is 48.3. The molecule has 0 saturated carbocycles. The summed E-state index contributed by atoms with van der Waals surface area (Å²) in [5.41, 5.74) is 6.73. The van der Waals surface area contributed by atoms with E-state index >= 15 is 0 Å². The molecule has 0 amide bonds. The topological polar surface area (TPSA) is 18.1 Å². The first-order chi connectivity index (χ1) is 21.3. The SMILES string of the molecule is c1ccc(-n2ccc3cc4c(cc(-c5cccc6c5sc5ccccc56)c5ccc6c7ccccc7oc6c54)cc32)cc1. The first-order valence-electron chi connectivity index (χ1n) is 14.6. The highest BCUT2D eigenvalue weighted by molar-refractivity contribution is 7.26. The van der Waals surface area contributed by atoms with Crippen LogP contribution in [0.4, 0.5) is 0 Å². The Kier molecular flexibility index (Phi) is 4.63. The molecule has 0 spiro atoms. The monoisotopic (exact) mass is 565 g/mol. The molecule has 10 rings (SSSR count). The van der Waals surface area contributed by atoms with Crippen molar-refractivity contribution >= 4 is 85.9 Å². The van der Waals surface area contributed by atoms with Gasteiger partial charge < -0.3 is 8.98 Å². The largest absolute Gasteiger partial charge is 0.455 e. The average molecular weight is 566 g/mol. The lowest BCUT2D eigenvalue weighted by Crippen LogP contribution is -1.91. The summed E-state index contributed by atoms with van der Waals surface area (Å²) in [6.07, 6.45) is 2.18. The van der Waals surface area contributed by atoms with Gasteiger partial charge in [-0.05, 0) is 76.3 Å². The zero-order valence-corrected chi connectivity index (χ0v) is 23.9. The van der Waals surface area contributed by atoms with Gasteiger partial charge in [-0.3, -0.25) is 0 Å². The van der Waals surface area contributed by atoms with Crippen molar-refractivity contribution in [3.8, 4) is 16.8 Å². The molecule has 0 fully saturated rings. The lowest BCUT2D eigenvalue weighted by Gasteiger charge is -2.14. The zero-order valence-electron chi connectivity index (χ0n) is 23.0. The van der Waals surface area contributed by atoms with E-state index in [1.165, 1.54) is 63.7 Å². The van der Waals surface area contributed by atoms with Crippen molar-refractivity contribution in [3.63, 3.8) is 0 Å². The Bertz CT molecular complexity index is 2720. The maximum absolute atomic E-state index is 6.68. The van der Waals surface area contributed by atoms with Crippen molar-refractivity contribution in [1.29, 1.82) is 0 Å². The predicted molar refractivity (Wildman–Crippen MR) is 184 cm³/mol. The fourth-order valence-electron chi connectivity index (χ4n) is 7.04. The van der Waals surface area contributed by atoms with Crippen LogP contribution in [0.1, 0.15) is 0 Å². The number of thiophene rings is 1. The van der Waals surface area contributed by atoms with Gasteiger partial charge in [0.05, 0.1) is 5.52 Å². The fourth-order valence-corrected chi connectivity index (χ4v) is 8.27. The molecule has 0 unspecified atom stereocenters. The fraction of sp³-hybridized carbons (Fsp3) is 0. The standard InChI is InChI=1S/C40H23NOS/c1-2-9-26(10-3-1)41-20-19-24-21-33-25(23-35(24)41)22-34(32-14-8-13-31-28-12-5-7-16-37(28)43-40(31)32)29-17-18-30-27-11-4-6-15-36(27)42-39(30)38(29)33/h1-23H. The summed E-state index contributed by atoms with van der Waals surface area (Å²) in [5.74, 6) is 0. The van der Waals surface area contributed by atoms with Crippen molar-refractivity contribution < 1.29 is 4.42 Å². The van der Waals surface area contributed by atoms with Gasteiger partial charge in [-0.15, -0.1) is 11.3 Å². The Hall–Kier alpha value is -5.38. The first kappa shape index (κ1) is 23.2. The van der Waals surface area contributed by atoms with Crippen LogP contribution in [0.15, 0.2) is 144 Å². The maximum atomic E-state index is 6.68. The minimum Gasteiger partial charge on any atom is -0.455 e. The molecular formula is C40H23NOS. The van der Waals surface area contributed by atoms with E-state index < -0.39 is 0 Å². The molecule has 0 radical (unpaired) electrons. The van der Waals surface area contributed by atoms with Crippen molar-refractivity contribution in [2.75, 3.05) is 0 Å². The lowest BCUT2D eigenvalue weighted by molar-refractivity contribution is 0.673. The third kappa shape index (κ3) is 3.23. The number of hydrogen-bond acceptors (Lipinski definition) is 2. The van der Waals surface area contributed by atoms with E-state index in [2.05, 4.69) is 144 Å². The number of benzene rings is 7. The Morgan fingerprint density at radius 3 is 2.23 bits per heavy atom. The molecule has 0 saturated heterocycles. The zero-order chi connectivity index (χ0) is 28.1. The molecule has 43 heavy (non-hydrogen) atoms. The summed E-state index contributed by atoms with van der Waals surface area (Å²) >= 11 is 1.88. The van der Waals surface area contributed by atoms with Crippen molar-refractivity contribution in [2.24, 2.45) is 0 Å². The molecule has 0 atom stereocenters. The summed E-state index contributed by atoms with van der Waals surface area (Å²) in [7, 11) is 0. The second kappa shape index (κ2) is 8.57. The number of hydrogen-bond donors (Lipinski definition) is 0. The minimum absolute atomic E-state index is 0.923. The van der Waals surface area contributed by atoms with E-state index in [1.807, 2.05) is 11.3 Å². The second-order valence-corrected chi connectivity index (χ2v) is 12.4. The van der Waals surface area contributed by atoms with Crippen LogP contribution in [-0.2, 0) is 0 Å². The molecule has 0 bridgehead atoms. The van der Waals surface area contributed by atoms with E-state index in [0.717, 1.165) is 27.6 Å². The molecule has 3 aromatic heterocycles. The van der Waals surface area contributed by atoms with Crippen molar-refractivity contribution in [3.05, 3.63) is 140 Å². The van der Waals surface area contributed by atoms with Crippen LogP contribution in [0, 0.1) is 0 Å². The molecular weight excluding hydrogens is 543 g/mol. The van der Waals surface area contributed by atoms with Crippen LogP contribution in [0.3, 0.4) is 0 Å². The van der Waals surface area contributed by atoms with Gasteiger partial charge in [-0.25, -0.2) is 0 Å². The number of rotatable bonds is 2. The van der Waals surface area contributed by atoms with Crippen LogP contribution in [0.5, 0.6) is 0 Å². The van der Waals surface area contributed by atoms with E-state index in [0.29, 0.717) is 0 Å². The summed E-state index contributed by atoms with van der Waals surface area (Å²) in [5, 5.41) is 11.0. The molecule has 200 valence electrons. The van der Waals surface area contributed by atoms with E-state index in [4.69, 9.17) is 4.42 Å². The van der Waals surface area contributed by atoms with E-state index in [-0.39, 0.29) is 0 Å². The molecule has 10 aromatic rings. The van der Waals surface area contributed by atoms with Gasteiger partial charge in [0.2, 0.25) is 0 Å². The molecule has 0 aliphatic rings. The Labute approximate surface area is 250 Å². The van der Waals surface area contributed by atoms with E-state index in [9.17, 15) is 0 Å². The lowest BCUT2D eigenvalue weighted by atomic mass is 9.91. The van der Waals surface area contributed by atoms with Crippen LogP contribution >= 0.6 is 11.3 Å². The predicted octanol–water partition coefficient (Wildman–Crippen LogP) is 11.9. The molecule has 0 aliphatic carbocycles. The molecule has 3 heterocycles. The van der Waals surface area contributed by atoms with Crippen LogP contribution in [-0.4, -0.2) is 4.57 Å². The van der Waals surface area contributed by atoms with Gasteiger partial charge in [0.25, 0.3) is 0 Å². The normalized spacial score (nSPS) is 12.2.